The number of Topliss-reactive ketones (excluding diaryl/α,β-unsaturated/α-hetero) is 1. The minimum atomic E-state index is -1.53. The van der Waals surface area contributed by atoms with E-state index in [9.17, 15) is 15.0 Å². The maximum absolute atomic E-state index is 11.4. The molecule has 4 atom stereocenters. The Labute approximate surface area is 99.3 Å². The summed E-state index contributed by atoms with van der Waals surface area (Å²) in [5.41, 5.74) is 0. The Hall–Kier alpha value is -0.530. The van der Waals surface area contributed by atoms with E-state index in [-0.39, 0.29) is 13.7 Å². The first kappa shape index (κ1) is 10.6. The van der Waals surface area contributed by atoms with Crippen LogP contribution in [0.2, 0.25) is 0 Å². The highest BCUT2D eigenvalue weighted by Crippen LogP contribution is 2.12. The van der Waals surface area contributed by atoms with E-state index in [1.54, 1.807) is 0 Å². The molecule has 0 aromatic carbocycles. The van der Waals surface area contributed by atoms with Crippen molar-refractivity contribution in [2.24, 2.45) is 0 Å². The molecule has 0 spiro atoms. The second kappa shape index (κ2) is 7.70. The molecule has 0 aliphatic carbocycles. The van der Waals surface area contributed by atoms with E-state index in [0.717, 1.165) is 0 Å². The maximum atomic E-state index is 11.4. The molecular formula is C10H20O6. The maximum Gasteiger partial charge on any atom is 0.161 e. The van der Waals surface area contributed by atoms with Crippen LogP contribution >= 0.6 is 0 Å². The van der Waals surface area contributed by atoms with Crippen molar-refractivity contribution < 1.29 is 33.3 Å². The molecule has 2 N–H and O–H groups in total. The van der Waals surface area contributed by atoms with Gasteiger partial charge in [-0.2, -0.15) is 0 Å². The van der Waals surface area contributed by atoms with Crippen LogP contribution in [0.25, 0.3) is 0 Å². The first-order valence-corrected chi connectivity index (χ1v) is 4.54. The minimum absolute atomic E-state index is 0.311. The third-order valence-electron chi connectivity index (χ3n) is 2.09. The SMILES string of the molecule is [2H]COC[C@@H](O)[C@@H](O)[C@H](OC[2H])[C@@H](OC[2H])C(C)=O. The lowest BCUT2D eigenvalue weighted by Gasteiger charge is -2.29. The van der Waals surface area contributed by atoms with Gasteiger partial charge in [0.25, 0.3) is 0 Å². The zero-order valence-corrected chi connectivity index (χ0v) is 9.17. The molecular weight excluding hydrogens is 216 g/mol. The molecule has 0 aromatic heterocycles. The number of ketones is 1. The van der Waals surface area contributed by atoms with Crippen molar-refractivity contribution in [3.8, 4) is 0 Å². The highest BCUT2D eigenvalue weighted by molar-refractivity contribution is 5.81. The zero-order chi connectivity index (χ0) is 14.8. The molecule has 0 aliphatic rings. The second-order valence-electron chi connectivity index (χ2n) is 3.26. The van der Waals surface area contributed by atoms with Crippen LogP contribution in [0.1, 0.15) is 11.0 Å². The van der Waals surface area contributed by atoms with Crippen LogP contribution in [0.4, 0.5) is 0 Å². The lowest BCUT2D eigenvalue weighted by molar-refractivity contribution is -0.156. The molecule has 0 amide bonds. The number of carbonyl (C=O) groups is 1. The lowest BCUT2D eigenvalue weighted by atomic mass is 10.0. The van der Waals surface area contributed by atoms with Crippen molar-refractivity contribution in [2.75, 3.05) is 27.9 Å². The predicted octanol–water partition coefficient (Wildman–Crippen LogP) is -1.03. The van der Waals surface area contributed by atoms with Crippen LogP contribution in [0.15, 0.2) is 0 Å². The smallest absolute Gasteiger partial charge is 0.161 e. The van der Waals surface area contributed by atoms with Crippen LogP contribution in [0.5, 0.6) is 0 Å². The van der Waals surface area contributed by atoms with Crippen LogP contribution < -0.4 is 0 Å². The van der Waals surface area contributed by atoms with Gasteiger partial charge >= 0.3 is 0 Å². The summed E-state index contributed by atoms with van der Waals surface area (Å²) in [6.45, 7) is 0.883. The zero-order valence-electron chi connectivity index (χ0n) is 12.2. The fraction of sp³-hybridized carbons (Fsp3) is 0.900. The Morgan fingerprint density at radius 3 is 2.50 bits per heavy atom. The molecule has 96 valence electrons. The van der Waals surface area contributed by atoms with Crippen molar-refractivity contribution in [2.45, 2.75) is 31.3 Å². The van der Waals surface area contributed by atoms with E-state index < -0.39 is 44.4 Å². The molecule has 0 fully saturated rings. The van der Waals surface area contributed by atoms with Gasteiger partial charge in [0, 0.05) is 21.3 Å². The highest BCUT2D eigenvalue weighted by atomic mass is 16.5. The lowest BCUT2D eigenvalue weighted by Crippen LogP contribution is -2.50. The summed E-state index contributed by atoms with van der Waals surface area (Å²) in [5, 5.41) is 19.5. The van der Waals surface area contributed by atoms with Crippen molar-refractivity contribution in [3.63, 3.8) is 0 Å². The molecule has 16 heavy (non-hydrogen) atoms. The third kappa shape index (κ3) is 4.15. The molecule has 0 rings (SSSR count). The highest BCUT2D eigenvalue weighted by Gasteiger charge is 2.35. The Bertz CT molecular complexity index is 255. The van der Waals surface area contributed by atoms with E-state index in [1.165, 1.54) is 6.92 Å². The normalized spacial score (nSPS) is 21.3. The summed E-state index contributed by atoms with van der Waals surface area (Å²) in [5.74, 6) is -0.488. The van der Waals surface area contributed by atoms with Gasteiger partial charge in [-0.25, -0.2) is 0 Å². The second-order valence-corrected chi connectivity index (χ2v) is 3.26. The molecule has 0 aromatic rings. The molecule has 0 radical (unpaired) electrons. The van der Waals surface area contributed by atoms with Crippen LogP contribution in [0.3, 0.4) is 0 Å². The minimum Gasteiger partial charge on any atom is -0.388 e. The van der Waals surface area contributed by atoms with E-state index in [4.69, 9.17) is 13.6 Å². The number of hydrogen-bond donors (Lipinski definition) is 2. The number of rotatable bonds is 8. The Balaban J connectivity index is 4.78. The molecule has 0 saturated heterocycles. The summed E-state index contributed by atoms with van der Waals surface area (Å²) in [6, 6.07) is 0. The Kier molecular flexibility index (Phi) is 5.10. The first-order chi connectivity index (χ1) is 8.99. The summed E-state index contributed by atoms with van der Waals surface area (Å²) in [4.78, 5) is 11.4. The number of aliphatic hydroxyl groups excluding tert-OH is 2. The number of ether oxygens (including phenoxy) is 3. The molecule has 0 saturated carbocycles. The van der Waals surface area contributed by atoms with Gasteiger partial charge in [-0.05, 0) is 6.92 Å². The van der Waals surface area contributed by atoms with E-state index in [0.29, 0.717) is 0 Å². The molecule has 0 bridgehead atoms. The fourth-order valence-electron chi connectivity index (χ4n) is 1.25. The van der Waals surface area contributed by atoms with Gasteiger partial charge in [-0.15, -0.1) is 0 Å². The van der Waals surface area contributed by atoms with Crippen molar-refractivity contribution in [1.82, 2.24) is 0 Å². The van der Waals surface area contributed by atoms with E-state index >= 15 is 0 Å². The van der Waals surface area contributed by atoms with Crippen molar-refractivity contribution in [1.29, 1.82) is 0 Å². The molecule has 0 heterocycles. The third-order valence-corrected chi connectivity index (χ3v) is 2.09. The Morgan fingerprint density at radius 1 is 1.31 bits per heavy atom. The molecule has 0 unspecified atom stereocenters. The van der Waals surface area contributed by atoms with Crippen LogP contribution in [-0.2, 0) is 19.0 Å². The quantitative estimate of drug-likeness (QED) is 0.563. The molecule has 0 aliphatic heterocycles. The summed E-state index contributed by atoms with van der Waals surface area (Å²) >= 11 is 0. The van der Waals surface area contributed by atoms with Gasteiger partial charge in [0.1, 0.15) is 24.4 Å². The average molecular weight is 239 g/mol. The average Bonchev–Trinajstić information content (AvgIpc) is 2.38. The number of carbonyl (C=O) groups excluding carboxylic acids is 1. The van der Waals surface area contributed by atoms with Crippen LogP contribution in [-0.4, -0.2) is 68.3 Å². The summed E-state index contributed by atoms with van der Waals surface area (Å²) in [7, 11) is -1.44. The van der Waals surface area contributed by atoms with Gasteiger partial charge in [0.05, 0.1) is 10.7 Å². The summed E-state index contributed by atoms with van der Waals surface area (Å²) in [6.07, 6.45) is -5.44. The van der Waals surface area contributed by atoms with Crippen LogP contribution in [0, 0.1) is 0 Å². The number of aliphatic hydroxyl groups is 2. The van der Waals surface area contributed by atoms with E-state index in [2.05, 4.69) is 4.74 Å². The van der Waals surface area contributed by atoms with Gasteiger partial charge in [0.2, 0.25) is 0 Å². The van der Waals surface area contributed by atoms with Gasteiger partial charge < -0.3 is 24.4 Å². The van der Waals surface area contributed by atoms with E-state index in [1.807, 2.05) is 0 Å². The first-order valence-electron chi connectivity index (χ1n) is 6.66. The van der Waals surface area contributed by atoms with Crippen molar-refractivity contribution >= 4 is 5.78 Å². The summed E-state index contributed by atoms with van der Waals surface area (Å²) < 4.78 is 35.1. The van der Waals surface area contributed by atoms with Gasteiger partial charge in [-0.1, -0.05) is 0 Å². The number of methoxy groups -OCH3 is 3. The Morgan fingerprint density at radius 2 is 2.00 bits per heavy atom. The monoisotopic (exact) mass is 239 g/mol. The standard InChI is InChI=1S/C10H20O6/c1-6(11)9(15-3)10(16-4)8(13)7(12)5-14-2/h7-10,12-13H,5H2,1-4H3/t7-,8-,9+,10+/m1/s1/i2D,3D,4D. The topological polar surface area (TPSA) is 85.2 Å². The predicted molar refractivity (Wildman–Crippen MR) is 56.2 cm³/mol. The van der Waals surface area contributed by atoms with Crippen molar-refractivity contribution in [3.05, 3.63) is 0 Å². The largest absolute Gasteiger partial charge is 0.388 e. The number of hydrogen-bond acceptors (Lipinski definition) is 6. The van der Waals surface area contributed by atoms with Gasteiger partial charge in [0.15, 0.2) is 5.78 Å². The molecule has 6 nitrogen and oxygen atoms in total. The molecule has 6 heteroatoms. The van der Waals surface area contributed by atoms with Gasteiger partial charge in [-0.3, -0.25) is 4.79 Å². The fourth-order valence-corrected chi connectivity index (χ4v) is 1.25.